The van der Waals surface area contributed by atoms with Crippen LogP contribution in [0.5, 0.6) is 0 Å². The zero-order chi connectivity index (χ0) is 8.43. The Morgan fingerprint density at radius 3 is 2.73 bits per heavy atom. The fraction of sp³-hybridized carbons (Fsp3) is 0.875. The first-order chi connectivity index (χ1) is 5.16. The number of rotatable bonds is 2. The van der Waals surface area contributed by atoms with Crippen molar-refractivity contribution in [2.45, 2.75) is 32.7 Å². The molecular weight excluding hydrogens is 142 g/mol. The first kappa shape index (κ1) is 8.37. The van der Waals surface area contributed by atoms with Crippen LogP contribution in [-0.4, -0.2) is 28.7 Å². The Bertz CT molecular complexity index is 158. The summed E-state index contributed by atoms with van der Waals surface area (Å²) in [7, 11) is 0. The Morgan fingerprint density at radius 1 is 1.82 bits per heavy atom. The fourth-order valence-corrected chi connectivity index (χ4v) is 1.51. The predicted octanol–water partition coefficient (Wildman–Crippen LogP) is 1.78. The van der Waals surface area contributed by atoms with E-state index in [2.05, 4.69) is 13.8 Å². The molecule has 0 aliphatic carbocycles. The average Bonchev–Trinajstić information content (AvgIpc) is 1.83. The SMILES string of the molecule is CCC(C)C1CCN1C(=O)O. The van der Waals surface area contributed by atoms with Crippen molar-refractivity contribution < 1.29 is 9.90 Å². The van der Waals surface area contributed by atoms with Gasteiger partial charge in [-0.05, 0) is 12.3 Å². The number of likely N-dealkylation sites (tertiary alicyclic amines) is 1. The van der Waals surface area contributed by atoms with Gasteiger partial charge in [-0.3, -0.25) is 0 Å². The van der Waals surface area contributed by atoms with Gasteiger partial charge in [-0.2, -0.15) is 0 Å². The van der Waals surface area contributed by atoms with E-state index in [-0.39, 0.29) is 6.04 Å². The van der Waals surface area contributed by atoms with Gasteiger partial charge in [0.2, 0.25) is 0 Å². The molecule has 1 rings (SSSR count). The lowest BCUT2D eigenvalue weighted by Gasteiger charge is -2.42. The van der Waals surface area contributed by atoms with Crippen LogP contribution >= 0.6 is 0 Å². The number of hydrogen-bond donors (Lipinski definition) is 1. The lowest BCUT2D eigenvalue weighted by atomic mass is 9.89. The summed E-state index contributed by atoms with van der Waals surface area (Å²) >= 11 is 0. The molecule has 1 heterocycles. The van der Waals surface area contributed by atoms with Gasteiger partial charge in [0.15, 0.2) is 0 Å². The molecule has 0 aromatic carbocycles. The van der Waals surface area contributed by atoms with Crippen LogP contribution in [-0.2, 0) is 0 Å². The van der Waals surface area contributed by atoms with Gasteiger partial charge in [0.1, 0.15) is 0 Å². The third-order valence-corrected chi connectivity index (χ3v) is 2.61. The normalized spacial score (nSPS) is 26.0. The molecule has 1 aliphatic heterocycles. The first-order valence-electron chi connectivity index (χ1n) is 4.16. The van der Waals surface area contributed by atoms with E-state index >= 15 is 0 Å². The molecule has 1 aliphatic rings. The summed E-state index contributed by atoms with van der Waals surface area (Å²) in [5, 5.41) is 8.67. The highest BCUT2D eigenvalue weighted by molar-refractivity contribution is 5.66. The smallest absolute Gasteiger partial charge is 0.407 e. The van der Waals surface area contributed by atoms with E-state index in [1.54, 1.807) is 0 Å². The number of carbonyl (C=O) groups is 1. The lowest BCUT2D eigenvalue weighted by molar-refractivity contribution is 0.0488. The topological polar surface area (TPSA) is 40.5 Å². The van der Waals surface area contributed by atoms with E-state index in [1.165, 1.54) is 4.90 Å². The second-order valence-corrected chi connectivity index (χ2v) is 3.22. The van der Waals surface area contributed by atoms with Gasteiger partial charge in [-0.15, -0.1) is 0 Å². The van der Waals surface area contributed by atoms with Crippen molar-refractivity contribution >= 4 is 6.09 Å². The van der Waals surface area contributed by atoms with Crippen LogP contribution in [0.15, 0.2) is 0 Å². The fourth-order valence-electron chi connectivity index (χ4n) is 1.51. The number of hydrogen-bond acceptors (Lipinski definition) is 1. The van der Waals surface area contributed by atoms with Crippen LogP contribution in [0, 0.1) is 5.92 Å². The molecule has 1 amide bonds. The summed E-state index contributed by atoms with van der Waals surface area (Å²) in [5.74, 6) is 0.514. The van der Waals surface area contributed by atoms with Crippen LogP contribution in [0.25, 0.3) is 0 Å². The largest absolute Gasteiger partial charge is 0.465 e. The lowest BCUT2D eigenvalue weighted by Crippen LogP contribution is -2.53. The number of amides is 1. The van der Waals surface area contributed by atoms with Crippen LogP contribution < -0.4 is 0 Å². The quantitative estimate of drug-likeness (QED) is 0.663. The molecule has 1 fully saturated rings. The molecule has 0 bridgehead atoms. The third kappa shape index (κ3) is 1.47. The predicted molar refractivity (Wildman–Crippen MR) is 42.6 cm³/mol. The molecule has 2 unspecified atom stereocenters. The minimum absolute atomic E-state index is 0.289. The van der Waals surface area contributed by atoms with E-state index in [1.807, 2.05) is 0 Å². The molecule has 1 N–H and O–H groups in total. The molecular formula is C8H15NO2. The molecule has 0 radical (unpaired) electrons. The highest BCUT2D eigenvalue weighted by atomic mass is 16.4. The van der Waals surface area contributed by atoms with Crippen molar-refractivity contribution in [1.29, 1.82) is 0 Å². The standard InChI is InChI=1S/C8H15NO2/c1-3-6(2)7-4-5-9(7)8(10)11/h6-7H,3-5H2,1-2H3,(H,10,11). The minimum Gasteiger partial charge on any atom is -0.465 e. The Kier molecular flexibility index (Phi) is 2.37. The maximum Gasteiger partial charge on any atom is 0.407 e. The van der Waals surface area contributed by atoms with Crippen molar-refractivity contribution in [1.82, 2.24) is 4.90 Å². The van der Waals surface area contributed by atoms with Crippen LogP contribution in [0.1, 0.15) is 26.7 Å². The van der Waals surface area contributed by atoms with Crippen molar-refractivity contribution in [3.05, 3.63) is 0 Å². The molecule has 2 atom stereocenters. The molecule has 3 heteroatoms. The Morgan fingerprint density at radius 2 is 2.45 bits per heavy atom. The number of carboxylic acid groups (broad SMARTS) is 1. The summed E-state index contributed by atoms with van der Waals surface area (Å²) in [4.78, 5) is 12.1. The Balaban J connectivity index is 2.42. The van der Waals surface area contributed by atoms with Crippen molar-refractivity contribution in [3.8, 4) is 0 Å². The number of nitrogens with zero attached hydrogens (tertiary/aromatic N) is 1. The second-order valence-electron chi connectivity index (χ2n) is 3.22. The van der Waals surface area contributed by atoms with Gasteiger partial charge in [-0.1, -0.05) is 20.3 Å². The van der Waals surface area contributed by atoms with Crippen molar-refractivity contribution in [2.24, 2.45) is 5.92 Å². The molecule has 64 valence electrons. The summed E-state index contributed by atoms with van der Waals surface area (Å²) in [6, 6.07) is 0.289. The Hall–Kier alpha value is -0.730. The van der Waals surface area contributed by atoms with Gasteiger partial charge in [0.25, 0.3) is 0 Å². The van der Waals surface area contributed by atoms with Gasteiger partial charge in [0.05, 0.1) is 0 Å². The summed E-state index contributed by atoms with van der Waals surface area (Å²) in [6.07, 6.45) is 1.34. The molecule has 0 aromatic rings. The average molecular weight is 157 g/mol. The minimum atomic E-state index is -0.762. The zero-order valence-corrected chi connectivity index (χ0v) is 7.08. The molecule has 0 spiro atoms. The van der Waals surface area contributed by atoms with Crippen molar-refractivity contribution in [3.63, 3.8) is 0 Å². The zero-order valence-electron chi connectivity index (χ0n) is 7.08. The maximum atomic E-state index is 10.5. The maximum absolute atomic E-state index is 10.5. The summed E-state index contributed by atoms with van der Waals surface area (Å²) in [6.45, 7) is 4.94. The molecule has 1 saturated heterocycles. The Labute approximate surface area is 67.0 Å². The van der Waals surface area contributed by atoms with E-state index < -0.39 is 6.09 Å². The first-order valence-corrected chi connectivity index (χ1v) is 4.16. The molecule has 3 nitrogen and oxygen atoms in total. The van der Waals surface area contributed by atoms with E-state index in [0.29, 0.717) is 5.92 Å². The third-order valence-electron chi connectivity index (χ3n) is 2.61. The van der Waals surface area contributed by atoms with Gasteiger partial charge in [0, 0.05) is 12.6 Å². The van der Waals surface area contributed by atoms with Crippen LogP contribution in [0.4, 0.5) is 4.79 Å². The van der Waals surface area contributed by atoms with Crippen molar-refractivity contribution in [2.75, 3.05) is 6.54 Å². The van der Waals surface area contributed by atoms with Gasteiger partial charge < -0.3 is 10.0 Å². The van der Waals surface area contributed by atoms with Gasteiger partial charge >= 0.3 is 6.09 Å². The summed E-state index contributed by atoms with van der Waals surface area (Å²) in [5.41, 5.74) is 0. The summed E-state index contributed by atoms with van der Waals surface area (Å²) < 4.78 is 0. The molecule has 0 saturated carbocycles. The van der Waals surface area contributed by atoms with E-state index in [0.717, 1.165) is 19.4 Å². The van der Waals surface area contributed by atoms with E-state index in [4.69, 9.17) is 5.11 Å². The van der Waals surface area contributed by atoms with Crippen LogP contribution in [0.3, 0.4) is 0 Å². The van der Waals surface area contributed by atoms with Gasteiger partial charge in [-0.25, -0.2) is 4.79 Å². The molecule has 11 heavy (non-hydrogen) atoms. The monoisotopic (exact) mass is 157 g/mol. The molecule has 0 aromatic heterocycles. The van der Waals surface area contributed by atoms with Crippen LogP contribution in [0.2, 0.25) is 0 Å². The highest BCUT2D eigenvalue weighted by Crippen LogP contribution is 2.26. The second kappa shape index (κ2) is 3.11. The van der Waals surface area contributed by atoms with E-state index in [9.17, 15) is 4.79 Å². The highest BCUT2D eigenvalue weighted by Gasteiger charge is 2.34.